The number of morpholine rings is 1. The topological polar surface area (TPSA) is 58.6 Å². The van der Waals surface area contributed by atoms with E-state index in [1.165, 1.54) is 11.3 Å². The van der Waals surface area contributed by atoms with Crippen LogP contribution in [0.4, 0.5) is 0 Å². The molecule has 2 heterocycles. The third-order valence-corrected chi connectivity index (χ3v) is 4.55. The van der Waals surface area contributed by atoms with Gasteiger partial charge in [0.1, 0.15) is 0 Å². The van der Waals surface area contributed by atoms with E-state index < -0.39 is 0 Å². The molecular weight excluding hydrogens is 288 g/mol. The van der Waals surface area contributed by atoms with Gasteiger partial charge in [0.25, 0.3) is 0 Å². The molecule has 1 aliphatic heterocycles. The summed E-state index contributed by atoms with van der Waals surface area (Å²) in [6.07, 6.45) is 0.533. The van der Waals surface area contributed by atoms with Crippen LogP contribution in [0.1, 0.15) is 29.4 Å². The van der Waals surface area contributed by atoms with Crippen LogP contribution in [0.25, 0.3) is 0 Å². The molecule has 116 valence electrons. The lowest BCUT2D eigenvalue weighted by Crippen LogP contribution is -2.47. The van der Waals surface area contributed by atoms with Crippen molar-refractivity contribution < 1.29 is 14.3 Å². The molecule has 0 aliphatic carbocycles. The van der Waals surface area contributed by atoms with Gasteiger partial charge in [0.05, 0.1) is 18.1 Å². The number of nitrogens with one attached hydrogen (secondary N) is 1. The van der Waals surface area contributed by atoms with Gasteiger partial charge in [0, 0.05) is 38.5 Å². The second-order valence-corrected chi connectivity index (χ2v) is 6.15. The molecule has 0 aromatic carbocycles. The second kappa shape index (κ2) is 8.26. The van der Waals surface area contributed by atoms with Crippen molar-refractivity contribution in [2.45, 2.75) is 25.8 Å². The maximum atomic E-state index is 11.8. The molecule has 1 fully saturated rings. The molecule has 1 amide bonds. The van der Waals surface area contributed by atoms with Crippen molar-refractivity contribution in [3.05, 3.63) is 22.4 Å². The summed E-state index contributed by atoms with van der Waals surface area (Å²) in [6, 6.07) is 3.94. The Morgan fingerprint density at radius 3 is 2.81 bits per heavy atom. The molecule has 1 aromatic heterocycles. The fourth-order valence-corrected chi connectivity index (χ4v) is 2.98. The minimum Gasteiger partial charge on any atom is -0.379 e. The zero-order chi connectivity index (χ0) is 15.1. The van der Waals surface area contributed by atoms with Crippen LogP contribution in [0.15, 0.2) is 17.5 Å². The summed E-state index contributed by atoms with van der Waals surface area (Å²) < 4.78 is 5.31. The van der Waals surface area contributed by atoms with E-state index in [9.17, 15) is 9.59 Å². The van der Waals surface area contributed by atoms with Crippen molar-refractivity contribution in [2.75, 3.05) is 32.8 Å². The predicted molar refractivity (Wildman–Crippen MR) is 82.7 cm³/mol. The van der Waals surface area contributed by atoms with E-state index in [0.717, 1.165) is 31.2 Å². The van der Waals surface area contributed by atoms with E-state index in [1.54, 1.807) is 6.07 Å². The zero-order valence-electron chi connectivity index (χ0n) is 12.3. The van der Waals surface area contributed by atoms with Gasteiger partial charge < -0.3 is 10.1 Å². The SMILES string of the molecule is CC(CNC(=O)CCC(=O)c1cccs1)N1CCOCC1. The van der Waals surface area contributed by atoms with Crippen molar-refractivity contribution in [3.63, 3.8) is 0 Å². The monoisotopic (exact) mass is 310 g/mol. The van der Waals surface area contributed by atoms with Gasteiger partial charge >= 0.3 is 0 Å². The highest BCUT2D eigenvalue weighted by Crippen LogP contribution is 2.12. The fraction of sp³-hybridized carbons (Fsp3) is 0.600. The second-order valence-electron chi connectivity index (χ2n) is 5.20. The van der Waals surface area contributed by atoms with Crippen molar-refractivity contribution in [1.29, 1.82) is 0 Å². The number of amides is 1. The van der Waals surface area contributed by atoms with E-state index in [0.29, 0.717) is 12.6 Å². The number of rotatable bonds is 7. The molecular formula is C15H22N2O3S. The summed E-state index contributed by atoms with van der Waals surface area (Å²) in [4.78, 5) is 26.6. The Kier molecular flexibility index (Phi) is 6.35. The van der Waals surface area contributed by atoms with Gasteiger partial charge in [-0.3, -0.25) is 14.5 Å². The summed E-state index contributed by atoms with van der Waals surface area (Å²) >= 11 is 1.42. The van der Waals surface area contributed by atoms with Crippen LogP contribution < -0.4 is 5.32 Å². The molecule has 1 atom stereocenters. The highest BCUT2D eigenvalue weighted by atomic mass is 32.1. The van der Waals surface area contributed by atoms with E-state index in [4.69, 9.17) is 4.74 Å². The van der Waals surface area contributed by atoms with Crippen LogP contribution in [-0.4, -0.2) is 55.5 Å². The minimum absolute atomic E-state index is 0.0429. The number of ether oxygens (including phenoxy) is 1. The molecule has 2 rings (SSSR count). The maximum Gasteiger partial charge on any atom is 0.220 e. The van der Waals surface area contributed by atoms with Crippen LogP contribution in [0.3, 0.4) is 0 Å². The summed E-state index contributed by atoms with van der Waals surface area (Å²) in [5.41, 5.74) is 0. The molecule has 1 saturated heterocycles. The average Bonchev–Trinajstić information content (AvgIpc) is 3.05. The van der Waals surface area contributed by atoms with Gasteiger partial charge in [-0.15, -0.1) is 11.3 Å². The Hall–Kier alpha value is -1.24. The van der Waals surface area contributed by atoms with Crippen molar-refractivity contribution in [3.8, 4) is 0 Å². The number of carbonyl (C=O) groups excluding carboxylic acids is 2. The van der Waals surface area contributed by atoms with E-state index in [1.807, 2.05) is 11.4 Å². The van der Waals surface area contributed by atoms with Crippen LogP contribution in [-0.2, 0) is 9.53 Å². The largest absolute Gasteiger partial charge is 0.379 e. The first-order valence-corrected chi connectivity index (χ1v) is 8.20. The molecule has 0 radical (unpaired) electrons. The van der Waals surface area contributed by atoms with Gasteiger partial charge in [0.2, 0.25) is 5.91 Å². The van der Waals surface area contributed by atoms with Crippen molar-refractivity contribution in [2.24, 2.45) is 0 Å². The summed E-state index contributed by atoms with van der Waals surface area (Å²) in [6.45, 7) is 6.05. The number of thiophene rings is 1. The number of nitrogens with zero attached hydrogens (tertiary/aromatic N) is 1. The van der Waals surface area contributed by atoms with Gasteiger partial charge in [-0.25, -0.2) is 0 Å². The standard InChI is InChI=1S/C15H22N2O3S/c1-12(17-6-8-20-9-7-17)11-16-15(19)5-4-13(18)14-3-2-10-21-14/h2-3,10,12H,4-9,11H2,1H3,(H,16,19). The number of carbonyl (C=O) groups is 2. The quantitative estimate of drug-likeness (QED) is 0.776. The number of Topliss-reactive ketones (excluding diaryl/α,β-unsaturated/α-hetero) is 1. The fourth-order valence-electron chi connectivity index (χ4n) is 2.28. The normalized spacial score (nSPS) is 17.4. The molecule has 6 heteroatoms. The smallest absolute Gasteiger partial charge is 0.220 e. The Labute approximate surface area is 129 Å². The Balaban J connectivity index is 1.64. The predicted octanol–water partition coefficient (Wildman–Crippen LogP) is 1.55. The van der Waals surface area contributed by atoms with Crippen LogP contribution in [0, 0.1) is 0 Å². The van der Waals surface area contributed by atoms with E-state index >= 15 is 0 Å². The summed E-state index contributed by atoms with van der Waals surface area (Å²) in [7, 11) is 0. The highest BCUT2D eigenvalue weighted by Gasteiger charge is 2.17. The minimum atomic E-state index is -0.0555. The first-order chi connectivity index (χ1) is 10.2. The lowest BCUT2D eigenvalue weighted by atomic mass is 10.2. The summed E-state index contributed by atoms with van der Waals surface area (Å²) in [5, 5.41) is 4.78. The first-order valence-electron chi connectivity index (χ1n) is 7.32. The van der Waals surface area contributed by atoms with Crippen LogP contribution >= 0.6 is 11.3 Å². The third-order valence-electron chi connectivity index (χ3n) is 3.64. The molecule has 0 spiro atoms. The Bertz CT molecular complexity index is 455. The Morgan fingerprint density at radius 2 is 2.14 bits per heavy atom. The molecule has 5 nitrogen and oxygen atoms in total. The van der Waals surface area contributed by atoms with Gasteiger partial charge in [0.15, 0.2) is 5.78 Å². The lowest BCUT2D eigenvalue weighted by molar-refractivity contribution is -0.121. The third kappa shape index (κ3) is 5.22. The van der Waals surface area contributed by atoms with Gasteiger partial charge in [-0.2, -0.15) is 0 Å². The summed E-state index contributed by atoms with van der Waals surface area (Å²) in [5.74, 6) is -0.0126. The number of ketones is 1. The number of hydrogen-bond acceptors (Lipinski definition) is 5. The Morgan fingerprint density at radius 1 is 1.38 bits per heavy atom. The van der Waals surface area contributed by atoms with Gasteiger partial charge in [-0.05, 0) is 18.4 Å². The first kappa shape index (κ1) is 16.1. The molecule has 1 aliphatic rings. The molecule has 21 heavy (non-hydrogen) atoms. The number of hydrogen-bond donors (Lipinski definition) is 1. The van der Waals surface area contributed by atoms with Crippen molar-refractivity contribution in [1.82, 2.24) is 10.2 Å². The molecule has 0 saturated carbocycles. The molecule has 0 bridgehead atoms. The molecule has 1 N–H and O–H groups in total. The maximum absolute atomic E-state index is 11.8. The van der Waals surface area contributed by atoms with E-state index in [2.05, 4.69) is 17.1 Å². The zero-order valence-corrected chi connectivity index (χ0v) is 13.2. The molecule has 1 aromatic rings. The van der Waals surface area contributed by atoms with Crippen molar-refractivity contribution >= 4 is 23.0 Å². The van der Waals surface area contributed by atoms with Gasteiger partial charge in [-0.1, -0.05) is 6.07 Å². The van der Waals surface area contributed by atoms with Crippen LogP contribution in [0.2, 0.25) is 0 Å². The highest BCUT2D eigenvalue weighted by molar-refractivity contribution is 7.12. The lowest BCUT2D eigenvalue weighted by Gasteiger charge is -2.32. The van der Waals surface area contributed by atoms with E-state index in [-0.39, 0.29) is 24.5 Å². The average molecular weight is 310 g/mol. The van der Waals surface area contributed by atoms with Crippen LogP contribution in [0.5, 0.6) is 0 Å². The molecule has 1 unspecified atom stereocenters.